The van der Waals surface area contributed by atoms with Crippen molar-refractivity contribution < 1.29 is 4.74 Å². The van der Waals surface area contributed by atoms with Gasteiger partial charge in [-0.15, -0.1) is 0 Å². The van der Waals surface area contributed by atoms with Gasteiger partial charge in [-0.25, -0.2) is 0 Å². The molecule has 0 bridgehead atoms. The largest absolute Gasteiger partial charge is 0.497 e. The van der Waals surface area contributed by atoms with Crippen molar-refractivity contribution in [3.05, 3.63) is 65.7 Å². The van der Waals surface area contributed by atoms with Crippen molar-refractivity contribution in [2.45, 2.75) is 88.4 Å². The zero-order valence-corrected chi connectivity index (χ0v) is 18.9. The average Bonchev–Trinajstić information content (AvgIpc) is 3.48. The highest BCUT2D eigenvalue weighted by Crippen LogP contribution is 2.58. The van der Waals surface area contributed by atoms with E-state index in [1.165, 1.54) is 87.5 Å². The van der Waals surface area contributed by atoms with E-state index in [0.29, 0.717) is 12.1 Å². The van der Waals surface area contributed by atoms with Crippen molar-refractivity contribution in [2.24, 2.45) is 4.99 Å². The Kier molecular flexibility index (Phi) is 6.13. The number of methoxy groups -OCH3 is 1. The van der Waals surface area contributed by atoms with Gasteiger partial charge in [-0.1, -0.05) is 75.3 Å². The van der Waals surface area contributed by atoms with Gasteiger partial charge in [0.2, 0.25) is 0 Å². The molecule has 3 atom stereocenters. The number of hydrogen-bond donors (Lipinski definition) is 0. The molecule has 0 aromatic heterocycles. The Balaban J connectivity index is 1.48. The minimum absolute atomic E-state index is 0.0143. The highest BCUT2D eigenvalue weighted by Gasteiger charge is 2.64. The van der Waals surface area contributed by atoms with E-state index in [4.69, 9.17) is 9.73 Å². The molecule has 2 heterocycles. The van der Waals surface area contributed by atoms with Gasteiger partial charge in [0.05, 0.1) is 24.9 Å². The average molecular weight is 417 g/mol. The fraction of sp³-hybridized carbons (Fsp3) is 0.536. The number of ether oxygens (including phenoxy) is 1. The fourth-order valence-electron chi connectivity index (χ4n) is 5.92. The molecular formula is C28H36N2O. The Morgan fingerprint density at radius 2 is 1.32 bits per heavy atom. The third kappa shape index (κ3) is 4.17. The molecule has 0 N–H and O–H groups in total. The predicted molar refractivity (Wildman–Crippen MR) is 128 cm³/mol. The zero-order chi connectivity index (χ0) is 21.1. The molecule has 3 heteroatoms. The summed E-state index contributed by atoms with van der Waals surface area (Å²) in [4.78, 5) is 8.30. The number of nitrogens with zero attached hydrogens (tertiary/aromatic N) is 2. The van der Waals surface area contributed by atoms with Crippen LogP contribution in [0.3, 0.4) is 0 Å². The molecule has 31 heavy (non-hydrogen) atoms. The van der Waals surface area contributed by atoms with Gasteiger partial charge < -0.3 is 4.74 Å². The summed E-state index contributed by atoms with van der Waals surface area (Å²) in [6.45, 7) is 0. The van der Waals surface area contributed by atoms with Crippen molar-refractivity contribution in [2.75, 3.05) is 7.11 Å². The van der Waals surface area contributed by atoms with Crippen LogP contribution < -0.4 is 4.74 Å². The Hall–Kier alpha value is -2.13. The molecule has 1 spiro atoms. The second-order valence-corrected chi connectivity index (χ2v) is 9.60. The van der Waals surface area contributed by atoms with Crippen molar-refractivity contribution in [1.82, 2.24) is 4.90 Å². The molecule has 3 nitrogen and oxygen atoms in total. The maximum absolute atomic E-state index is 5.54. The number of fused-ring (bicyclic) bond motifs is 2. The lowest BCUT2D eigenvalue weighted by Gasteiger charge is -2.31. The van der Waals surface area contributed by atoms with Gasteiger partial charge in [-0.05, 0) is 61.1 Å². The molecule has 2 aromatic rings. The summed E-state index contributed by atoms with van der Waals surface area (Å²) < 4.78 is 5.40. The van der Waals surface area contributed by atoms with E-state index in [9.17, 15) is 0 Å². The van der Waals surface area contributed by atoms with Gasteiger partial charge in [-0.3, -0.25) is 9.89 Å². The quantitative estimate of drug-likeness (QED) is 0.507. The molecule has 3 aliphatic rings. The predicted octanol–water partition coefficient (Wildman–Crippen LogP) is 6.92. The van der Waals surface area contributed by atoms with Crippen LogP contribution in [0.5, 0.6) is 5.75 Å². The normalized spacial score (nSPS) is 28.2. The van der Waals surface area contributed by atoms with Gasteiger partial charge in [-0.2, -0.15) is 0 Å². The topological polar surface area (TPSA) is 24.6 Å². The van der Waals surface area contributed by atoms with Crippen LogP contribution in [0.2, 0.25) is 0 Å². The number of hydrogen-bond acceptors (Lipinski definition) is 3. The van der Waals surface area contributed by atoms with E-state index in [1.54, 1.807) is 7.11 Å². The first-order valence-electron chi connectivity index (χ1n) is 12.4. The van der Waals surface area contributed by atoms with Crippen LogP contribution >= 0.6 is 0 Å². The van der Waals surface area contributed by atoms with Crippen LogP contribution in [0.1, 0.15) is 87.8 Å². The first-order valence-corrected chi connectivity index (χ1v) is 12.4. The molecule has 5 rings (SSSR count). The molecule has 1 unspecified atom stereocenters. The molecule has 2 fully saturated rings. The van der Waals surface area contributed by atoms with E-state index in [-0.39, 0.29) is 5.66 Å². The number of aliphatic imine (C=N–C) groups is 1. The first-order chi connectivity index (χ1) is 15.3. The third-order valence-corrected chi connectivity index (χ3v) is 7.58. The lowest BCUT2D eigenvalue weighted by Crippen LogP contribution is -2.34. The maximum atomic E-state index is 5.54. The molecule has 2 aromatic carbocycles. The van der Waals surface area contributed by atoms with E-state index >= 15 is 0 Å². The molecule has 1 aliphatic carbocycles. The Labute approximate surface area is 187 Å². The smallest absolute Gasteiger partial charge is 0.118 e. The first kappa shape index (κ1) is 20.8. The molecular weight excluding hydrogens is 380 g/mol. The second kappa shape index (κ2) is 9.16. The van der Waals surface area contributed by atoms with Crippen LogP contribution in [0.25, 0.3) is 0 Å². The van der Waals surface area contributed by atoms with Gasteiger partial charge >= 0.3 is 0 Å². The molecule has 1 saturated heterocycles. The van der Waals surface area contributed by atoms with Crippen LogP contribution in [-0.2, 0) is 0 Å². The molecule has 0 amide bonds. The second-order valence-electron chi connectivity index (χ2n) is 9.60. The Bertz CT molecular complexity index is 877. The van der Waals surface area contributed by atoms with E-state index in [1.807, 2.05) is 0 Å². The minimum Gasteiger partial charge on any atom is -0.497 e. The van der Waals surface area contributed by atoms with E-state index in [0.717, 1.165) is 5.75 Å². The van der Waals surface area contributed by atoms with Gasteiger partial charge in [0.15, 0.2) is 0 Å². The van der Waals surface area contributed by atoms with Gasteiger partial charge in [0, 0.05) is 0 Å². The maximum Gasteiger partial charge on any atom is 0.118 e. The Morgan fingerprint density at radius 1 is 0.742 bits per heavy atom. The zero-order valence-electron chi connectivity index (χ0n) is 18.9. The van der Waals surface area contributed by atoms with Crippen molar-refractivity contribution in [1.29, 1.82) is 0 Å². The number of benzene rings is 2. The summed E-state index contributed by atoms with van der Waals surface area (Å²) in [6, 6.07) is 20.5. The lowest BCUT2D eigenvalue weighted by atomic mass is 9.92. The van der Waals surface area contributed by atoms with Gasteiger partial charge in [0.1, 0.15) is 11.4 Å². The SMILES string of the molecule is COc1ccc(C2=NC3(CCCCCCCCCCC3)N3[C@H]2[C@H]3c2ccccc2)cc1. The van der Waals surface area contributed by atoms with Crippen molar-refractivity contribution in [3.63, 3.8) is 0 Å². The summed E-state index contributed by atoms with van der Waals surface area (Å²) in [5.41, 5.74) is 3.99. The standard InChI is InChI=1S/C28H36N2O/c1-31-24-18-16-22(17-19-24)25-27-26(23-14-10-9-11-15-23)30(27)28(29-25)20-12-7-5-3-2-4-6-8-13-21-28/h9-11,14-19,26-27H,2-8,12-13,20-21H2,1H3/t26-,27-,30?/m1/s1. The summed E-state index contributed by atoms with van der Waals surface area (Å²) >= 11 is 0. The molecule has 2 aliphatic heterocycles. The van der Waals surface area contributed by atoms with Crippen molar-refractivity contribution in [3.8, 4) is 5.75 Å². The van der Waals surface area contributed by atoms with Crippen molar-refractivity contribution >= 4 is 5.71 Å². The Morgan fingerprint density at radius 3 is 1.90 bits per heavy atom. The highest BCUT2D eigenvalue weighted by atomic mass is 16.5. The third-order valence-electron chi connectivity index (χ3n) is 7.58. The highest BCUT2D eigenvalue weighted by molar-refractivity contribution is 6.08. The van der Waals surface area contributed by atoms with Crippen LogP contribution in [0, 0.1) is 0 Å². The number of rotatable bonds is 3. The van der Waals surface area contributed by atoms with E-state index < -0.39 is 0 Å². The van der Waals surface area contributed by atoms with E-state index in [2.05, 4.69) is 59.5 Å². The summed E-state index contributed by atoms with van der Waals surface area (Å²) in [5.74, 6) is 0.912. The fourth-order valence-corrected chi connectivity index (χ4v) is 5.92. The van der Waals surface area contributed by atoms with Crippen LogP contribution in [0.4, 0.5) is 0 Å². The summed E-state index contributed by atoms with van der Waals surface area (Å²) in [6.07, 6.45) is 14.7. The molecule has 164 valence electrons. The lowest BCUT2D eigenvalue weighted by molar-refractivity contribution is 0.182. The monoisotopic (exact) mass is 416 g/mol. The molecule has 0 radical (unpaired) electrons. The summed E-state index contributed by atoms with van der Waals surface area (Å²) in [5, 5.41) is 0. The van der Waals surface area contributed by atoms with Crippen LogP contribution in [0.15, 0.2) is 59.6 Å². The van der Waals surface area contributed by atoms with Gasteiger partial charge in [0.25, 0.3) is 0 Å². The summed E-state index contributed by atoms with van der Waals surface area (Å²) in [7, 11) is 1.73. The van der Waals surface area contributed by atoms with Crippen LogP contribution in [-0.4, -0.2) is 29.4 Å². The molecule has 1 saturated carbocycles. The minimum atomic E-state index is -0.0143.